The van der Waals surface area contributed by atoms with Crippen LogP contribution in [0.15, 0.2) is 0 Å². The van der Waals surface area contributed by atoms with Crippen molar-refractivity contribution in [3.63, 3.8) is 0 Å². The van der Waals surface area contributed by atoms with Crippen LogP contribution in [-0.2, 0) is 4.79 Å². The third kappa shape index (κ3) is 2.55. The summed E-state index contributed by atoms with van der Waals surface area (Å²) in [5.41, 5.74) is 0. The molecule has 1 N–H and O–H groups in total. The smallest absolute Gasteiger partial charge is 0.223 e. The Balaban J connectivity index is 1.84. The molecule has 4 heteroatoms. The van der Waals surface area contributed by atoms with E-state index in [2.05, 4.69) is 11.8 Å². The molecule has 1 amide bonds. The molecule has 2 aliphatic rings. The molecule has 92 valence electrons. The van der Waals surface area contributed by atoms with E-state index in [4.69, 9.17) is 5.11 Å². The van der Waals surface area contributed by atoms with Gasteiger partial charge in [-0.25, -0.2) is 0 Å². The lowest BCUT2D eigenvalue weighted by molar-refractivity contribution is -0.129. The van der Waals surface area contributed by atoms with Crippen LogP contribution in [0.3, 0.4) is 0 Å². The van der Waals surface area contributed by atoms with Gasteiger partial charge in [-0.05, 0) is 32.9 Å². The average molecular weight is 226 g/mol. The second-order valence-corrected chi connectivity index (χ2v) is 5.16. The van der Waals surface area contributed by atoms with Crippen molar-refractivity contribution in [2.24, 2.45) is 5.92 Å². The normalized spacial score (nSPS) is 29.0. The van der Waals surface area contributed by atoms with Crippen LogP contribution in [0.4, 0.5) is 0 Å². The van der Waals surface area contributed by atoms with Gasteiger partial charge in [0.05, 0.1) is 0 Å². The van der Waals surface area contributed by atoms with Gasteiger partial charge < -0.3 is 14.9 Å². The van der Waals surface area contributed by atoms with Crippen molar-refractivity contribution >= 4 is 5.91 Å². The van der Waals surface area contributed by atoms with E-state index in [9.17, 15) is 4.79 Å². The van der Waals surface area contributed by atoms with E-state index in [0.29, 0.717) is 12.5 Å². The lowest BCUT2D eigenvalue weighted by Gasteiger charge is -2.28. The summed E-state index contributed by atoms with van der Waals surface area (Å²) in [5, 5.41) is 9.08. The first-order valence-electron chi connectivity index (χ1n) is 6.33. The van der Waals surface area contributed by atoms with Gasteiger partial charge in [-0.3, -0.25) is 4.79 Å². The van der Waals surface area contributed by atoms with E-state index in [1.165, 1.54) is 25.9 Å². The highest BCUT2D eigenvalue weighted by atomic mass is 16.3. The molecule has 0 bridgehead atoms. The molecular formula is C12H22N2O2. The predicted octanol–water partition coefficient (Wildman–Crippen LogP) is 0.311. The fraction of sp³-hybridized carbons (Fsp3) is 0.917. The lowest BCUT2D eigenvalue weighted by atomic mass is 10.1. The maximum absolute atomic E-state index is 11.8. The number of aliphatic hydroxyl groups excluding tert-OH is 1. The highest BCUT2D eigenvalue weighted by Gasteiger charge is 2.32. The van der Waals surface area contributed by atoms with E-state index < -0.39 is 0 Å². The lowest BCUT2D eigenvalue weighted by Crippen LogP contribution is -2.42. The van der Waals surface area contributed by atoms with Crippen molar-refractivity contribution in [3.05, 3.63) is 0 Å². The highest BCUT2D eigenvalue weighted by Crippen LogP contribution is 2.20. The minimum absolute atomic E-state index is 0.138. The van der Waals surface area contributed by atoms with Crippen molar-refractivity contribution in [1.29, 1.82) is 0 Å². The van der Waals surface area contributed by atoms with Gasteiger partial charge in [0.25, 0.3) is 0 Å². The Labute approximate surface area is 97.2 Å². The summed E-state index contributed by atoms with van der Waals surface area (Å²) >= 11 is 0. The number of rotatable bonds is 4. The van der Waals surface area contributed by atoms with Crippen LogP contribution in [0.25, 0.3) is 0 Å². The summed E-state index contributed by atoms with van der Waals surface area (Å²) in [6.45, 7) is 6.34. The van der Waals surface area contributed by atoms with Gasteiger partial charge in [-0.15, -0.1) is 0 Å². The third-order valence-electron chi connectivity index (χ3n) is 3.75. The second-order valence-electron chi connectivity index (χ2n) is 5.16. The maximum atomic E-state index is 11.8. The zero-order valence-corrected chi connectivity index (χ0v) is 10.1. The minimum atomic E-state index is 0.138. The molecule has 0 aromatic carbocycles. The minimum Gasteiger partial charge on any atom is -0.396 e. The molecule has 0 aliphatic carbocycles. The molecule has 16 heavy (non-hydrogen) atoms. The molecule has 0 radical (unpaired) electrons. The number of nitrogens with zero attached hydrogens (tertiary/aromatic N) is 2. The van der Waals surface area contributed by atoms with Crippen LogP contribution in [-0.4, -0.2) is 59.6 Å². The summed E-state index contributed by atoms with van der Waals surface area (Å²) in [5.74, 6) is 0.374. The number of likely N-dealkylation sites (tertiary alicyclic amines) is 2. The standard InChI is InChI=1S/C12H22N2O2/c1-10(7-13-4-2-3-5-13)14-8-11(9-15)6-12(14)16/h10-11,15H,2-9H2,1H3. The molecule has 2 saturated heterocycles. The molecule has 0 aromatic heterocycles. The van der Waals surface area contributed by atoms with Crippen molar-refractivity contribution in [2.45, 2.75) is 32.2 Å². The van der Waals surface area contributed by atoms with Gasteiger partial charge >= 0.3 is 0 Å². The fourth-order valence-corrected chi connectivity index (χ4v) is 2.79. The first-order chi connectivity index (χ1) is 7.70. The Morgan fingerprint density at radius 1 is 1.44 bits per heavy atom. The zero-order chi connectivity index (χ0) is 11.5. The largest absolute Gasteiger partial charge is 0.396 e. The Morgan fingerprint density at radius 3 is 2.69 bits per heavy atom. The van der Waals surface area contributed by atoms with Crippen LogP contribution >= 0.6 is 0 Å². The number of aliphatic hydroxyl groups is 1. The average Bonchev–Trinajstić information content (AvgIpc) is 2.87. The van der Waals surface area contributed by atoms with Crippen LogP contribution < -0.4 is 0 Å². The van der Waals surface area contributed by atoms with Crippen LogP contribution in [0, 0.1) is 5.92 Å². The van der Waals surface area contributed by atoms with E-state index in [1.807, 2.05) is 4.90 Å². The van der Waals surface area contributed by atoms with Crippen LogP contribution in [0.1, 0.15) is 26.2 Å². The molecular weight excluding hydrogens is 204 g/mol. The van der Waals surface area contributed by atoms with Crippen molar-refractivity contribution in [1.82, 2.24) is 9.80 Å². The van der Waals surface area contributed by atoms with Gasteiger partial charge in [0.1, 0.15) is 0 Å². The molecule has 0 aromatic rings. The highest BCUT2D eigenvalue weighted by molar-refractivity contribution is 5.79. The van der Waals surface area contributed by atoms with Gasteiger partial charge in [-0.2, -0.15) is 0 Å². The number of carbonyl (C=O) groups excluding carboxylic acids is 1. The molecule has 2 aliphatic heterocycles. The summed E-state index contributed by atoms with van der Waals surface area (Å²) in [6.07, 6.45) is 3.11. The first-order valence-corrected chi connectivity index (χ1v) is 6.33. The van der Waals surface area contributed by atoms with Gasteiger partial charge in [0.15, 0.2) is 0 Å². The molecule has 2 atom stereocenters. The van der Waals surface area contributed by atoms with Gasteiger partial charge in [0, 0.05) is 38.1 Å². The Bertz CT molecular complexity index is 251. The second kappa shape index (κ2) is 5.15. The van der Waals surface area contributed by atoms with E-state index >= 15 is 0 Å². The number of hydrogen-bond acceptors (Lipinski definition) is 3. The van der Waals surface area contributed by atoms with E-state index in [-0.39, 0.29) is 18.4 Å². The zero-order valence-electron chi connectivity index (χ0n) is 10.1. The van der Waals surface area contributed by atoms with Gasteiger partial charge in [-0.1, -0.05) is 0 Å². The van der Waals surface area contributed by atoms with Gasteiger partial charge in [0.2, 0.25) is 5.91 Å². The molecule has 2 heterocycles. The first kappa shape index (κ1) is 11.9. The topological polar surface area (TPSA) is 43.8 Å². The molecule has 4 nitrogen and oxygen atoms in total. The summed E-state index contributed by atoms with van der Waals surface area (Å²) in [6, 6.07) is 0.294. The van der Waals surface area contributed by atoms with Crippen molar-refractivity contribution in [3.8, 4) is 0 Å². The van der Waals surface area contributed by atoms with Crippen molar-refractivity contribution in [2.75, 3.05) is 32.8 Å². The monoisotopic (exact) mass is 226 g/mol. The quantitative estimate of drug-likeness (QED) is 0.750. The predicted molar refractivity (Wildman–Crippen MR) is 62.0 cm³/mol. The number of amides is 1. The van der Waals surface area contributed by atoms with E-state index in [1.54, 1.807) is 0 Å². The van der Waals surface area contributed by atoms with Crippen LogP contribution in [0.5, 0.6) is 0 Å². The molecule has 2 fully saturated rings. The Kier molecular flexibility index (Phi) is 3.82. The van der Waals surface area contributed by atoms with Crippen LogP contribution in [0.2, 0.25) is 0 Å². The SMILES string of the molecule is CC(CN1CCCC1)N1CC(CO)CC1=O. The fourth-order valence-electron chi connectivity index (χ4n) is 2.79. The molecule has 0 spiro atoms. The molecule has 2 rings (SSSR count). The third-order valence-corrected chi connectivity index (χ3v) is 3.75. The van der Waals surface area contributed by atoms with E-state index in [0.717, 1.165) is 13.1 Å². The molecule has 0 saturated carbocycles. The summed E-state index contributed by atoms with van der Waals surface area (Å²) in [7, 11) is 0. The van der Waals surface area contributed by atoms with Crippen molar-refractivity contribution < 1.29 is 9.90 Å². The maximum Gasteiger partial charge on any atom is 0.223 e. The number of carbonyl (C=O) groups is 1. The Morgan fingerprint density at radius 2 is 2.12 bits per heavy atom. The summed E-state index contributed by atoms with van der Waals surface area (Å²) in [4.78, 5) is 16.1. The Hall–Kier alpha value is -0.610. The summed E-state index contributed by atoms with van der Waals surface area (Å²) < 4.78 is 0. The molecule has 2 unspecified atom stereocenters. The number of hydrogen-bond donors (Lipinski definition) is 1.